The fourth-order valence-electron chi connectivity index (χ4n) is 3.11. The Bertz CT molecular complexity index is 1350. The molecule has 0 aliphatic rings. The summed E-state index contributed by atoms with van der Waals surface area (Å²) in [7, 11) is 0. The lowest BCUT2D eigenvalue weighted by molar-refractivity contribution is 0.102. The van der Waals surface area contributed by atoms with Crippen molar-refractivity contribution in [3.05, 3.63) is 116 Å². The van der Waals surface area contributed by atoms with Gasteiger partial charge in [0.25, 0.3) is 11.5 Å². The molecule has 0 aliphatic carbocycles. The highest BCUT2D eigenvalue weighted by molar-refractivity contribution is 6.31. The smallest absolute Gasteiger partial charge is 0.271 e. The van der Waals surface area contributed by atoms with Gasteiger partial charge in [0.15, 0.2) is 0 Å². The Kier molecular flexibility index (Phi) is 6.77. The zero-order chi connectivity index (χ0) is 23.4. The van der Waals surface area contributed by atoms with Gasteiger partial charge in [0.05, 0.1) is 5.69 Å². The van der Waals surface area contributed by atoms with Gasteiger partial charge in [0, 0.05) is 33.4 Å². The van der Waals surface area contributed by atoms with Gasteiger partial charge in [0.1, 0.15) is 6.61 Å². The number of rotatable bonds is 6. The summed E-state index contributed by atoms with van der Waals surface area (Å²) < 4.78 is 6.93. The Hall–Kier alpha value is -3.61. The highest BCUT2D eigenvalue weighted by atomic mass is 35.5. The molecule has 33 heavy (non-hydrogen) atoms. The second kappa shape index (κ2) is 9.90. The molecule has 1 heterocycles. The summed E-state index contributed by atoms with van der Waals surface area (Å²) in [5.41, 5.74) is 3.09. The number of ether oxygens (including phenoxy) is 1. The van der Waals surface area contributed by atoms with Crippen LogP contribution < -0.4 is 15.6 Å². The first-order chi connectivity index (χ1) is 15.9. The van der Waals surface area contributed by atoms with Crippen LogP contribution in [0, 0.1) is 6.92 Å². The van der Waals surface area contributed by atoms with E-state index in [9.17, 15) is 9.59 Å². The number of aromatic nitrogens is 2. The Morgan fingerprint density at radius 3 is 2.33 bits per heavy atom. The number of aryl methyl sites for hydroxylation is 1. The van der Waals surface area contributed by atoms with Gasteiger partial charge < -0.3 is 10.1 Å². The first-order valence-electron chi connectivity index (χ1n) is 10.0. The van der Waals surface area contributed by atoms with E-state index in [1.807, 2.05) is 19.1 Å². The fourth-order valence-corrected chi connectivity index (χ4v) is 3.46. The molecule has 4 rings (SSSR count). The molecular formula is C25H19Cl2N3O3. The molecule has 0 saturated heterocycles. The molecule has 0 unspecified atom stereocenters. The topological polar surface area (TPSA) is 73.2 Å². The van der Waals surface area contributed by atoms with E-state index < -0.39 is 0 Å². The Labute approximate surface area is 200 Å². The van der Waals surface area contributed by atoms with Crippen molar-refractivity contribution in [3.8, 4) is 11.6 Å². The molecule has 0 radical (unpaired) electrons. The first-order valence-corrected chi connectivity index (χ1v) is 10.8. The summed E-state index contributed by atoms with van der Waals surface area (Å²) in [6.45, 7) is 2.15. The first kappa shape index (κ1) is 22.6. The van der Waals surface area contributed by atoms with Crippen molar-refractivity contribution >= 4 is 34.8 Å². The summed E-state index contributed by atoms with van der Waals surface area (Å²) in [5.74, 6) is 0.0249. The molecule has 166 valence electrons. The highest BCUT2D eigenvalue weighted by Gasteiger charge is 2.10. The van der Waals surface area contributed by atoms with E-state index in [4.69, 9.17) is 27.9 Å². The number of nitrogens with zero attached hydrogens (tertiary/aromatic N) is 2. The Morgan fingerprint density at radius 2 is 1.64 bits per heavy atom. The number of amides is 1. The minimum Gasteiger partial charge on any atom is -0.472 e. The van der Waals surface area contributed by atoms with Gasteiger partial charge in [0.2, 0.25) is 5.88 Å². The molecule has 1 N–H and O–H groups in total. The van der Waals surface area contributed by atoms with E-state index >= 15 is 0 Å². The maximum Gasteiger partial charge on any atom is 0.271 e. The zero-order valence-corrected chi connectivity index (χ0v) is 19.1. The normalized spacial score (nSPS) is 10.6. The van der Waals surface area contributed by atoms with Crippen LogP contribution >= 0.6 is 23.2 Å². The van der Waals surface area contributed by atoms with Crippen molar-refractivity contribution in [2.45, 2.75) is 13.5 Å². The SMILES string of the molecule is Cc1cc(Cl)ccc1NC(=O)c1ccc(-n2nc(OCc3ccc(Cl)cc3)ccc2=O)cc1. The van der Waals surface area contributed by atoms with Crippen molar-refractivity contribution < 1.29 is 9.53 Å². The molecule has 0 bridgehead atoms. The van der Waals surface area contributed by atoms with Crippen LogP contribution in [0.1, 0.15) is 21.5 Å². The summed E-state index contributed by atoms with van der Waals surface area (Å²) in [6.07, 6.45) is 0. The molecule has 8 heteroatoms. The van der Waals surface area contributed by atoms with Gasteiger partial charge >= 0.3 is 0 Å². The minimum atomic E-state index is -0.317. The number of halogens is 2. The minimum absolute atomic E-state index is 0.271. The second-order valence-electron chi connectivity index (χ2n) is 7.30. The predicted molar refractivity (Wildman–Crippen MR) is 130 cm³/mol. The lowest BCUT2D eigenvalue weighted by Crippen LogP contribution is -2.20. The lowest BCUT2D eigenvalue weighted by atomic mass is 10.1. The maximum absolute atomic E-state index is 12.6. The van der Waals surface area contributed by atoms with E-state index in [2.05, 4.69) is 10.4 Å². The van der Waals surface area contributed by atoms with Gasteiger partial charge in [-0.15, -0.1) is 5.10 Å². The molecule has 1 aromatic heterocycles. The van der Waals surface area contributed by atoms with E-state index in [1.54, 1.807) is 54.6 Å². The molecule has 0 spiro atoms. The van der Waals surface area contributed by atoms with Crippen molar-refractivity contribution in [2.24, 2.45) is 0 Å². The Balaban J connectivity index is 1.48. The molecule has 1 amide bonds. The molecule has 0 fully saturated rings. The van der Waals surface area contributed by atoms with E-state index in [-0.39, 0.29) is 18.1 Å². The van der Waals surface area contributed by atoms with Crippen molar-refractivity contribution in [1.82, 2.24) is 9.78 Å². The maximum atomic E-state index is 12.6. The summed E-state index contributed by atoms with van der Waals surface area (Å²) >= 11 is 11.9. The average Bonchev–Trinajstić information content (AvgIpc) is 2.81. The van der Waals surface area contributed by atoms with Crippen LogP contribution in [0.3, 0.4) is 0 Å². The molecule has 4 aromatic rings. The number of nitrogens with one attached hydrogen (secondary N) is 1. The number of hydrogen-bond acceptors (Lipinski definition) is 4. The standard InChI is InChI=1S/C25H19Cl2N3O3/c1-16-14-20(27)8-11-22(16)28-25(32)18-4-9-21(10-5-18)30-24(31)13-12-23(29-30)33-15-17-2-6-19(26)7-3-17/h2-14H,15H2,1H3,(H,28,32). The third-order valence-electron chi connectivity index (χ3n) is 4.89. The third kappa shape index (κ3) is 5.61. The van der Waals surface area contributed by atoms with Gasteiger partial charge in [-0.1, -0.05) is 35.3 Å². The lowest BCUT2D eigenvalue weighted by Gasteiger charge is -2.11. The predicted octanol–water partition coefficient (Wildman–Crippen LogP) is 5.68. The quantitative estimate of drug-likeness (QED) is 0.386. The monoisotopic (exact) mass is 479 g/mol. The van der Waals surface area contributed by atoms with Crippen LogP contribution in [-0.4, -0.2) is 15.7 Å². The van der Waals surface area contributed by atoms with Crippen LogP contribution in [-0.2, 0) is 6.61 Å². The fraction of sp³-hybridized carbons (Fsp3) is 0.0800. The van der Waals surface area contributed by atoms with Crippen LogP contribution in [0.2, 0.25) is 10.0 Å². The van der Waals surface area contributed by atoms with Gasteiger partial charge in [-0.25, -0.2) is 0 Å². The number of hydrogen-bond donors (Lipinski definition) is 1. The summed E-state index contributed by atoms with van der Waals surface area (Å²) in [6, 6.07) is 22.0. The molecule has 0 atom stereocenters. The van der Waals surface area contributed by atoms with Crippen molar-refractivity contribution in [3.63, 3.8) is 0 Å². The van der Waals surface area contributed by atoms with Crippen molar-refractivity contribution in [1.29, 1.82) is 0 Å². The Morgan fingerprint density at radius 1 is 0.939 bits per heavy atom. The summed E-state index contributed by atoms with van der Waals surface area (Å²) in [4.78, 5) is 25.0. The number of benzene rings is 3. The van der Waals surface area contributed by atoms with Gasteiger partial charge in [-0.05, 0) is 72.6 Å². The zero-order valence-electron chi connectivity index (χ0n) is 17.6. The van der Waals surface area contributed by atoms with E-state index in [1.165, 1.54) is 16.8 Å². The molecule has 6 nitrogen and oxygen atoms in total. The van der Waals surface area contributed by atoms with Gasteiger partial charge in [-0.3, -0.25) is 9.59 Å². The molecule has 0 aliphatic heterocycles. The molecule has 0 saturated carbocycles. The molecule has 3 aromatic carbocycles. The van der Waals surface area contributed by atoms with E-state index in [0.29, 0.717) is 32.9 Å². The largest absolute Gasteiger partial charge is 0.472 e. The summed E-state index contributed by atoms with van der Waals surface area (Å²) in [5, 5.41) is 8.39. The number of carbonyl (C=O) groups excluding carboxylic acids is 1. The average molecular weight is 480 g/mol. The highest BCUT2D eigenvalue weighted by Crippen LogP contribution is 2.20. The molecular weight excluding hydrogens is 461 g/mol. The third-order valence-corrected chi connectivity index (χ3v) is 5.37. The van der Waals surface area contributed by atoms with Crippen molar-refractivity contribution in [2.75, 3.05) is 5.32 Å². The second-order valence-corrected chi connectivity index (χ2v) is 8.17. The van der Waals surface area contributed by atoms with Crippen LogP contribution in [0.4, 0.5) is 5.69 Å². The van der Waals surface area contributed by atoms with Crippen LogP contribution in [0.5, 0.6) is 5.88 Å². The van der Waals surface area contributed by atoms with Crippen LogP contribution in [0.25, 0.3) is 5.69 Å². The van der Waals surface area contributed by atoms with Gasteiger partial charge in [-0.2, -0.15) is 4.68 Å². The number of anilines is 1. The number of carbonyl (C=O) groups is 1. The van der Waals surface area contributed by atoms with E-state index in [0.717, 1.165) is 11.1 Å². The van der Waals surface area contributed by atoms with Crippen LogP contribution in [0.15, 0.2) is 83.7 Å².